The van der Waals surface area contributed by atoms with Gasteiger partial charge >= 0.3 is 5.97 Å². The molecule has 160 valence electrons. The molecule has 0 amide bonds. The SMILES string of the molecule is CC(O)CCc1cc2c(cc1C=Cc1ccc(C(=O)O)cc1)C(C)(C)CCC2(C)C. The molecule has 2 N–H and O–H groups in total. The molecule has 0 spiro atoms. The Balaban J connectivity index is 2.04. The number of aliphatic hydroxyl groups is 1. The quantitative estimate of drug-likeness (QED) is 0.560. The van der Waals surface area contributed by atoms with Crippen molar-refractivity contribution < 1.29 is 15.0 Å². The minimum Gasteiger partial charge on any atom is -0.478 e. The molecule has 1 unspecified atom stereocenters. The van der Waals surface area contributed by atoms with E-state index < -0.39 is 5.97 Å². The van der Waals surface area contributed by atoms with Gasteiger partial charge in [-0.3, -0.25) is 0 Å². The van der Waals surface area contributed by atoms with Gasteiger partial charge in [0.05, 0.1) is 11.7 Å². The van der Waals surface area contributed by atoms with Crippen LogP contribution in [0, 0.1) is 0 Å². The van der Waals surface area contributed by atoms with Crippen LogP contribution >= 0.6 is 0 Å². The maximum atomic E-state index is 11.1. The Morgan fingerprint density at radius 3 is 2.10 bits per heavy atom. The van der Waals surface area contributed by atoms with Crippen molar-refractivity contribution in [3.8, 4) is 0 Å². The molecule has 0 aromatic heterocycles. The lowest BCUT2D eigenvalue weighted by Gasteiger charge is -2.42. The predicted octanol–water partition coefficient (Wildman–Crippen LogP) is 6.22. The van der Waals surface area contributed by atoms with Crippen molar-refractivity contribution in [2.45, 2.75) is 77.2 Å². The Hall–Kier alpha value is -2.39. The molecule has 1 atom stereocenters. The van der Waals surface area contributed by atoms with Crippen LogP contribution in [0.15, 0.2) is 36.4 Å². The van der Waals surface area contributed by atoms with Gasteiger partial charge in [0, 0.05) is 0 Å². The highest BCUT2D eigenvalue weighted by Gasteiger charge is 2.37. The maximum absolute atomic E-state index is 11.1. The molecule has 3 rings (SSSR count). The van der Waals surface area contributed by atoms with E-state index in [4.69, 9.17) is 5.11 Å². The van der Waals surface area contributed by atoms with Crippen molar-refractivity contribution in [2.75, 3.05) is 0 Å². The van der Waals surface area contributed by atoms with E-state index in [1.165, 1.54) is 35.1 Å². The summed E-state index contributed by atoms with van der Waals surface area (Å²) in [6.07, 6.45) is 7.75. The summed E-state index contributed by atoms with van der Waals surface area (Å²) in [5.41, 5.74) is 6.85. The van der Waals surface area contributed by atoms with E-state index in [1.54, 1.807) is 12.1 Å². The van der Waals surface area contributed by atoms with Crippen molar-refractivity contribution in [3.63, 3.8) is 0 Å². The van der Waals surface area contributed by atoms with Gasteiger partial charge in [0.25, 0.3) is 0 Å². The molecule has 1 aliphatic rings. The lowest BCUT2D eigenvalue weighted by Crippen LogP contribution is -2.34. The fourth-order valence-electron chi connectivity index (χ4n) is 4.33. The Morgan fingerprint density at radius 1 is 1.00 bits per heavy atom. The lowest BCUT2D eigenvalue weighted by atomic mass is 9.62. The molecular formula is C27H34O3. The summed E-state index contributed by atoms with van der Waals surface area (Å²) >= 11 is 0. The molecule has 0 saturated heterocycles. The molecular weight excluding hydrogens is 372 g/mol. The summed E-state index contributed by atoms with van der Waals surface area (Å²) in [4.78, 5) is 11.1. The monoisotopic (exact) mass is 406 g/mol. The Labute approximate surface area is 180 Å². The molecule has 0 heterocycles. The Kier molecular flexibility index (Phi) is 6.24. The highest BCUT2D eigenvalue weighted by atomic mass is 16.4. The van der Waals surface area contributed by atoms with Crippen LogP contribution in [0.3, 0.4) is 0 Å². The predicted molar refractivity (Wildman–Crippen MR) is 124 cm³/mol. The van der Waals surface area contributed by atoms with Gasteiger partial charge in [-0.2, -0.15) is 0 Å². The van der Waals surface area contributed by atoms with Gasteiger partial charge in [-0.1, -0.05) is 64.1 Å². The van der Waals surface area contributed by atoms with Gasteiger partial charge in [-0.05, 0) is 83.4 Å². The van der Waals surface area contributed by atoms with Crippen LogP contribution in [-0.2, 0) is 17.3 Å². The summed E-state index contributed by atoms with van der Waals surface area (Å²) in [5.74, 6) is -0.912. The highest BCUT2D eigenvalue weighted by molar-refractivity contribution is 5.88. The van der Waals surface area contributed by atoms with Crippen molar-refractivity contribution >= 4 is 18.1 Å². The van der Waals surface area contributed by atoms with E-state index in [-0.39, 0.29) is 16.9 Å². The normalized spacial score (nSPS) is 18.2. The molecule has 3 nitrogen and oxygen atoms in total. The molecule has 2 aromatic rings. The number of aliphatic hydroxyl groups excluding tert-OH is 1. The number of carbonyl (C=O) groups is 1. The van der Waals surface area contributed by atoms with Crippen LogP contribution in [0.2, 0.25) is 0 Å². The number of hydrogen-bond acceptors (Lipinski definition) is 2. The average molecular weight is 407 g/mol. The molecule has 3 heteroatoms. The number of aromatic carboxylic acids is 1. The van der Waals surface area contributed by atoms with Crippen molar-refractivity contribution in [3.05, 3.63) is 69.8 Å². The molecule has 0 radical (unpaired) electrons. The van der Waals surface area contributed by atoms with Gasteiger partial charge < -0.3 is 10.2 Å². The number of hydrogen-bond donors (Lipinski definition) is 2. The zero-order chi connectivity index (χ0) is 22.1. The molecule has 0 aliphatic heterocycles. The first-order valence-corrected chi connectivity index (χ1v) is 10.9. The number of carboxylic acid groups (broad SMARTS) is 1. The van der Waals surface area contributed by atoms with Crippen molar-refractivity contribution in [1.29, 1.82) is 0 Å². The first-order valence-electron chi connectivity index (χ1n) is 10.9. The van der Waals surface area contributed by atoms with Crippen LogP contribution < -0.4 is 0 Å². The average Bonchev–Trinajstić information content (AvgIpc) is 2.68. The third-order valence-corrected chi connectivity index (χ3v) is 6.56. The van der Waals surface area contributed by atoms with E-state index in [2.05, 4.69) is 45.9 Å². The summed E-state index contributed by atoms with van der Waals surface area (Å²) < 4.78 is 0. The zero-order valence-electron chi connectivity index (χ0n) is 18.8. The topological polar surface area (TPSA) is 57.5 Å². The largest absolute Gasteiger partial charge is 0.478 e. The summed E-state index contributed by atoms with van der Waals surface area (Å²) in [6, 6.07) is 11.6. The minimum atomic E-state index is -0.912. The maximum Gasteiger partial charge on any atom is 0.335 e. The first kappa shape index (κ1) is 22.3. The Bertz CT molecular complexity index is 947. The van der Waals surface area contributed by atoms with Gasteiger partial charge in [-0.15, -0.1) is 0 Å². The highest BCUT2D eigenvalue weighted by Crippen LogP contribution is 2.46. The van der Waals surface area contributed by atoms with Gasteiger partial charge in [0.1, 0.15) is 0 Å². The third kappa shape index (κ3) is 4.84. The van der Waals surface area contributed by atoms with E-state index in [0.29, 0.717) is 5.56 Å². The second-order valence-corrected chi connectivity index (χ2v) is 10.0. The van der Waals surface area contributed by atoms with Gasteiger partial charge in [0.2, 0.25) is 0 Å². The van der Waals surface area contributed by atoms with Crippen LogP contribution in [0.1, 0.15) is 92.1 Å². The second-order valence-electron chi connectivity index (χ2n) is 10.0. The summed E-state index contributed by atoms with van der Waals surface area (Å²) in [7, 11) is 0. The summed E-state index contributed by atoms with van der Waals surface area (Å²) in [5, 5.41) is 18.9. The molecule has 1 aliphatic carbocycles. The smallest absolute Gasteiger partial charge is 0.335 e. The summed E-state index contributed by atoms with van der Waals surface area (Å²) in [6.45, 7) is 11.2. The van der Waals surface area contributed by atoms with Crippen LogP contribution in [-0.4, -0.2) is 22.3 Å². The molecule has 30 heavy (non-hydrogen) atoms. The minimum absolute atomic E-state index is 0.138. The van der Waals surface area contributed by atoms with E-state index in [9.17, 15) is 9.90 Å². The van der Waals surface area contributed by atoms with Crippen LogP contribution in [0.4, 0.5) is 0 Å². The third-order valence-electron chi connectivity index (χ3n) is 6.56. The van der Waals surface area contributed by atoms with E-state index in [1.807, 2.05) is 25.1 Å². The van der Waals surface area contributed by atoms with E-state index in [0.717, 1.165) is 18.4 Å². The number of rotatable bonds is 6. The van der Waals surface area contributed by atoms with Crippen LogP contribution in [0.5, 0.6) is 0 Å². The van der Waals surface area contributed by atoms with Crippen molar-refractivity contribution in [2.24, 2.45) is 0 Å². The zero-order valence-corrected chi connectivity index (χ0v) is 18.8. The van der Waals surface area contributed by atoms with Crippen LogP contribution in [0.25, 0.3) is 12.2 Å². The lowest BCUT2D eigenvalue weighted by molar-refractivity contribution is 0.0697. The first-order chi connectivity index (χ1) is 14.0. The van der Waals surface area contributed by atoms with Crippen molar-refractivity contribution in [1.82, 2.24) is 0 Å². The fourth-order valence-corrected chi connectivity index (χ4v) is 4.33. The molecule has 2 aromatic carbocycles. The fraction of sp³-hybridized carbons (Fsp3) is 0.444. The Morgan fingerprint density at radius 2 is 1.57 bits per heavy atom. The second kappa shape index (κ2) is 8.39. The van der Waals surface area contributed by atoms with E-state index >= 15 is 0 Å². The molecule has 0 fully saturated rings. The number of carboxylic acids is 1. The molecule has 0 saturated carbocycles. The number of fused-ring (bicyclic) bond motifs is 1. The van der Waals surface area contributed by atoms with Gasteiger partial charge in [-0.25, -0.2) is 4.79 Å². The van der Waals surface area contributed by atoms with Gasteiger partial charge in [0.15, 0.2) is 0 Å². The number of aryl methyl sites for hydroxylation is 1. The number of benzene rings is 2. The molecule has 0 bridgehead atoms. The standard InChI is InChI=1S/C27H34O3/c1-18(28)6-10-21-16-23-24(27(4,5)15-14-26(23,2)3)17-22(21)13-9-19-7-11-20(12-8-19)25(29)30/h7-9,11-13,16-18,28H,6,10,14-15H2,1-5H3,(H,29,30).